The van der Waals surface area contributed by atoms with Gasteiger partial charge in [0.15, 0.2) is 5.25 Å². The molecule has 0 fully saturated rings. The van der Waals surface area contributed by atoms with Gasteiger partial charge < -0.3 is 0 Å². The molecule has 1 aromatic rings. The second kappa shape index (κ2) is 4.94. The van der Waals surface area contributed by atoms with Crippen molar-refractivity contribution >= 4 is 15.7 Å². The molecule has 1 aromatic heterocycles. The third kappa shape index (κ3) is 2.70. The Balaban J connectivity index is 2.99. The van der Waals surface area contributed by atoms with E-state index in [0.717, 1.165) is 5.56 Å². The van der Waals surface area contributed by atoms with Crippen LogP contribution >= 0.6 is 0 Å². The van der Waals surface area contributed by atoms with Crippen LogP contribution in [0, 0.1) is 18.3 Å². The number of nitrogens with zero attached hydrogens (tertiary/aromatic N) is 2. The van der Waals surface area contributed by atoms with Crippen molar-refractivity contribution in [2.45, 2.75) is 25.5 Å². The predicted molar refractivity (Wildman–Crippen MR) is 61.2 cm³/mol. The van der Waals surface area contributed by atoms with E-state index in [1.54, 1.807) is 32.2 Å². The Hall–Kier alpha value is -1.61. The van der Waals surface area contributed by atoms with Crippen molar-refractivity contribution in [1.82, 2.24) is 4.98 Å². The fourth-order valence-electron chi connectivity index (χ4n) is 1.19. The fraction of sp³-hybridized carbons (Fsp3) is 0.400. The molecule has 86 valence electrons. The first-order valence-electron chi connectivity index (χ1n) is 4.83. The van der Waals surface area contributed by atoms with Crippen LogP contribution in [0.2, 0.25) is 0 Å². The number of sulfonamides is 1. The summed E-state index contributed by atoms with van der Waals surface area (Å²) < 4.78 is 25.9. The highest BCUT2D eigenvalue weighted by Crippen LogP contribution is 2.16. The van der Waals surface area contributed by atoms with Crippen molar-refractivity contribution in [2.24, 2.45) is 0 Å². The van der Waals surface area contributed by atoms with E-state index in [0.29, 0.717) is 5.69 Å². The normalized spacial score (nSPS) is 12.8. The minimum atomic E-state index is -3.64. The van der Waals surface area contributed by atoms with Crippen molar-refractivity contribution in [3.05, 3.63) is 24.0 Å². The zero-order valence-corrected chi connectivity index (χ0v) is 9.95. The molecule has 0 aliphatic rings. The summed E-state index contributed by atoms with van der Waals surface area (Å²) in [5, 5.41) is 7.70. The molecule has 1 atom stereocenters. The number of aryl methyl sites for hydroxylation is 1. The zero-order valence-electron chi connectivity index (χ0n) is 9.14. The second-order valence-corrected chi connectivity index (χ2v) is 5.23. The van der Waals surface area contributed by atoms with E-state index in [4.69, 9.17) is 5.26 Å². The van der Waals surface area contributed by atoms with Crippen molar-refractivity contribution in [3.8, 4) is 6.07 Å². The highest BCUT2D eigenvalue weighted by molar-refractivity contribution is 7.93. The molecule has 1 N–H and O–H groups in total. The average molecular weight is 239 g/mol. The van der Waals surface area contributed by atoms with E-state index in [9.17, 15) is 8.42 Å². The number of rotatable bonds is 4. The van der Waals surface area contributed by atoms with Gasteiger partial charge in [0.1, 0.15) is 0 Å². The minimum Gasteiger partial charge on any atom is -0.282 e. The lowest BCUT2D eigenvalue weighted by Crippen LogP contribution is -2.26. The Morgan fingerprint density at radius 3 is 2.81 bits per heavy atom. The predicted octanol–water partition coefficient (Wildman–Crippen LogP) is 1.43. The minimum absolute atomic E-state index is 0.260. The van der Waals surface area contributed by atoms with Crippen molar-refractivity contribution < 1.29 is 8.42 Å². The Labute approximate surface area is 95.2 Å². The Morgan fingerprint density at radius 2 is 2.31 bits per heavy atom. The van der Waals surface area contributed by atoms with Gasteiger partial charge in [0.05, 0.1) is 11.8 Å². The van der Waals surface area contributed by atoms with Gasteiger partial charge in [0.25, 0.3) is 0 Å². The monoisotopic (exact) mass is 239 g/mol. The van der Waals surface area contributed by atoms with Crippen LogP contribution in [0.15, 0.2) is 18.5 Å². The van der Waals surface area contributed by atoms with Crippen LogP contribution in [0.25, 0.3) is 0 Å². The molecule has 0 amide bonds. The molecule has 1 heterocycles. The van der Waals surface area contributed by atoms with E-state index >= 15 is 0 Å². The van der Waals surface area contributed by atoms with Gasteiger partial charge in [0, 0.05) is 12.4 Å². The number of pyridine rings is 1. The summed E-state index contributed by atoms with van der Waals surface area (Å²) in [6, 6.07) is 3.33. The molecule has 1 rings (SSSR count). The van der Waals surface area contributed by atoms with E-state index in [1.165, 1.54) is 6.20 Å². The smallest absolute Gasteiger partial charge is 0.249 e. The molecule has 0 spiro atoms. The lowest BCUT2D eigenvalue weighted by Gasteiger charge is -2.12. The summed E-state index contributed by atoms with van der Waals surface area (Å²) in [5.74, 6) is 0. The molecule has 0 aromatic carbocycles. The number of aromatic nitrogens is 1. The first-order valence-corrected chi connectivity index (χ1v) is 6.37. The molecule has 5 nitrogen and oxygen atoms in total. The summed E-state index contributed by atoms with van der Waals surface area (Å²) >= 11 is 0. The Bertz CT molecular complexity index is 505. The molecular weight excluding hydrogens is 226 g/mol. The standard InChI is InChI=1S/C10H13N3O2S/c1-3-9(6-11)16(14,15)13-10-4-5-12-7-8(10)2/h4-5,7,9H,3H2,1-2H3,(H,12,13). The quantitative estimate of drug-likeness (QED) is 0.861. The summed E-state index contributed by atoms with van der Waals surface area (Å²) in [6.07, 6.45) is 3.32. The number of nitriles is 1. The van der Waals surface area contributed by atoms with Crippen LogP contribution in [-0.4, -0.2) is 18.7 Å². The van der Waals surface area contributed by atoms with Gasteiger partial charge in [-0.2, -0.15) is 5.26 Å². The average Bonchev–Trinajstić information content (AvgIpc) is 2.22. The Morgan fingerprint density at radius 1 is 1.62 bits per heavy atom. The summed E-state index contributed by atoms with van der Waals surface area (Å²) in [6.45, 7) is 3.41. The van der Waals surface area contributed by atoms with Gasteiger partial charge in [-0.1, -0.05) is 6.92 Å². The van der Waals surface area contributed by atoms with Crippen molar-refractivity contribution in [3.63, 3.8) is 0 Å². The van der Waals surface area contributed by atoms with E-state index in [1.807, 2.05) is 0 Å². The number of hydrogen-bond acceptors (Lipinski definition) is 4. The van der Waals surface area contributed by atoms with Crippen LogP contribution in [0.3, 0.4) is 0 Å². The molecule has 0 aliphatic carbocycles. The van der Waals surface area contributed by atoms with Crippen LogP contribution in [0.1, 0.15) is 18.9 Å². The lowest BCUT2D eigenvalue weighted by molar-refractivity contribution is 0.593. The van der Waals surface area contributed by atoms with E-state index in [-0.39, 0.29) is 6.42 Å². The molecule has 6 heteroatoms. The Kier molecular flexibility index (Phi) is 3.85. The van der Waals surface area contributed by atoms with Gasteiger partial charge in [0.2, 0.25) is 10.0 Å². The summed E-state index contributed by atoms with van der Waals surface area (Å²) in [4.78, 5) is 3.86. The maximum absolute atomic E-state index is 11.8. The number of anilines is 1. The third-order valence-corrected chi connectivity index (χ3v) is 3.85. The number of nitrogens with one attached hydrogen (secondary N) is 1. The second-order valence-electron chi connectivity index (χ2n) is 3.36. The van der Waals surface area contributed by atoms with Crippen molar-refractivity contribution in [2.75, 3.05) is 4.72 Å². The highest BCUT2D eigenvalue weighted by atomic mass is 32.2. The van der Waals surface area contributed by atoms with Gasteiger partial charge in [-0.3, -0.25) is 9.71 Å². The first kappa shape index (κ1) is 12.5. The summed E-state index contributed by atoms with van der Waals surface area (Å²) in [5.41, 5.74) is 1.18. The molecule has 0 bridgehead atoms. The van der Waals surface area contributed by atoms with Gasteiger partial charge >= 0.3 is 0 Å². The molecule has 0 saturated carbocycles. The topological polar surface area (TPSA) is 82.8 Å². The largest absolute Gasteiger partial charge is 0.282 e. The lowest BCUT2D eigenvalue weighted by atomic mass is 10.3. The van der Waals surface area contributed by atoms with E-state index < -0.39 is 15.3 Å². The van der Waals surface area contributed by atoms with Crippen LogP contribution in [0.4, 0.5) is 5.69 Å². The fourth-order valence-corrected chi connectivity index (χ4v) is 2.45. The van der Waals surface area contributed by atoms with Gasteiger partial charge in [-0.05, 0) is 25.0 Å². The van der Waals surface area contributed by atoms with Gasteiger partial charge in [-0.25, -0.2) is 8.42 Å². The first-order chi connectivity index (χ1) is 7.51. The zero-order chi connectivity index (χ0) is 12.2. The third-order valence-electron chi connectivity index (χ3n) is 2.16. The van der Waals surface area contributed by atoms with Gasteiger partial charge in [-0.15, -0.1) is 0 Å². The van der Waals surface area contributed by atoms with Crippen LogP contribution in [-0.2, 0) is 10.0 Å². The maximum Gasteiger partial charge on any atom is 0.249 e. The summed E-state index contributed by atoms with van der Waals surface area (Å²) in [7, 11) is -3.64. The maximum atomic E-state index is 11.8. The SMILES string of the molecule is CCC(C#N)S(=O)(=O)Nc1ccncc1C. The van der Waals surface area contributed by atoms with Crippen molar-refractivity contribution in [1.29, 1.82) is 5.26 Å². The molecule has 16 heavy (non-hydrogen) atoms. The molecule has 1 unspecified atom stereocenters. The van der Waals surface area contributed by atoms with Crippen LogP contribution in [0.5, 0.6) is 0 Å². The van der Waals surface area contributed by atoms with E-state index in [2.05, 4.69) is 9.71 Å². The highest BCUT2D eigenvalue weighted by Gasteiger charge is 2.23. The molecule has 0 saturated heterocycles. The molecule has 0 aliphatic heterocycles. The number of hydrogen-bond donors (Lipinski definition) is 1. The molecular formula is C10H13N3O2S. The van der Waals surface area contributed by atoms with Crippen LogP contribution < -0.4 is 4.72 Å². The molecule has 0 radical (unpaired) electrons.